The van der Waals surface area contributed by atoms with Crippen LogP contribution in [-0.4, -0.2) is 25.0 Å². The summed E-state index contributed by atoms with van der Waals surface area (Å²) in [6.07, 6.45) is 4.04. The van der Waals surface area contributed by atoms with Crippen molar-refractivity contribution in [3.63, 3.8) is 0 Å². The first-order valence-electron chi connectivity index (χ1n) is 6.38. The predicted molar refractivity (Wildman–Crippen MR) is 68.8 cm³/mol. The fourth-order valence-corrected chi connectivity index (χ4v) is 2.23. The van der Waals surface area contributed by atoms with E-state index in [1.54, 1.807) is 0 Å². The van der Waals surface area contributed by atoms with Crippen LogP contribution < -0.4 is 10.6 Å². The number of nitrogens with one attached hydrogen (secondary N) is 2. The molecule has 1 amide bonds. The Balaban J connectivity index is 1.64. The molecule has 17 heavy (non-hydrogen) atoms. The van der Waals surface area contributed by atoms with E-state index >= 15 is 0 Å². The smallest absolute Gasteiger partial charge is 0.224 e. The van der Waals surface area contributed by atoms with Gasteiger partial charge in [-0.1, -0.05) is 30.3 Å². The van der Waals surface area contributed by atoms with Gasteiger partial charge in [-0.05, 0) is 31.4 Å². The van der Waals surface area contributed by atoms with Crippen molar-refractivity contribution < 1.29 is 4.79 Å². The zero-order valence-electron chi connectivity index (χ0n) is 10.1. The SMILES string of the molecule is O=C(Cc1ccccc1)NCCC1CCCN1. The molecule has 1 unspecified atom stereocenters. The lowest BCUT2D eigenvalue weighted by molar-refractivity contribution is -0.120. The summed E-state index contributed by atoms with van der Waals surface area (Å²) < 4.78 is 0. The van der Waals surface area contributed by atoms with Crippen LogP contribution in [0.3, 0.4) is 0 Å². The summed E-state index contributed by atoms with van der Waals surface area (Å²) in [6.45, 7) is 1.91. The van der Waals surface area contributed by atoms with Gasteiger partial charge in [0.25, 0.3) is 0 Å². The Kier molecular flexibility index (Phi) is 4.56. The molecule has 3 heteroatoms. The van der Waals surface area contributed by atoms with E-state index in [9.17, 15) is 4.79 Å². The van der Waals surface area contributed by atoms with Crippen LogP contribution in [0.25, 0.3) is 0 Å². The second-order valence-electron chi connectivity index (χ2n) is 4.59. The highest BCUT2D eigenvalue weighted by molar-refractivity contribution is 5.78. The van der Waals surface area contributed by atoms with Gasteiger partial charge in [-0.25, -0.2) is 0 Å². The van der Waals surface area contributed by atoms with Crippen molar-refractivity contribution in [2.75, 3.05) is 13.1 Å². The van der Waals surface area contributed by atoms with E-state index in [-0.39, 0.29) is 5.91 Å². The Hall–Kier alpha value is -1.35. The Morgan fingerprint density at radius 3 is 2.88 bits per heavy atom. The first-order valence-corrected chi connectivity index (χ1v) is 6.38. The van der Waals surface area contributed by atoms with E-state index in [0.717, 1.165) is 25.1 Å². The molecule has 1 aliphatic heterocycles. The number of carbonyl (C=O) groups is 1. The van der Waals surface area contributed by atoms with E-state index in [2.05, 4.69) is 10.6 Å². The maximum absolute atomic E-state index is 11.7. The lowest BCUT2D eigenvalue weighted by Gasteiger charge is -2.10. The van der Waals surface area contributed by atoms with Crippen LogP contribution in [0, 0.1) is 0 Å². The highest BCUT2D eigenvalue weighted by Gasteiger charge is 2.13. The van der Waals surface area contributed by atoms with Crippen LogP contribution in [0.2, 0.25) is 0 Å². The molecule has 1 heterocycles. The number of benzene rings is 1. The molecule has 0 radical (unpaired) electrons. The second kappa shape index (κ2) is 6.40. The maximum atomic E-state index is 11.7. The Bertz CT molecular complexity index is 344. The van der Waals surface area contributed by atoms with Gasteiger partial charge in [0, 0.05) is 12.6 Å². The van der Waals surface area contributed by atoms with Crippen LogP contribution in [-0.2, 0) is 11.2 Å². The quantitative estimate of drug-likeness (QED) is 0.807. The van der Waals surface area contributed by atoms with Crippen LogP contribution in [0.1, 0.15) is 24.8 Å². The van der Waals surface area contributed by atoms with Gasteiger partial charge in [-0.3, -0.25) is 4.79 Å². The number of hydrogen-bond donors (Lipinski definition) is 2. The molecular weight excluding hydrogens is 212 g/mol. The molecule has 2 N–H and O–H groups in total. The molecule has 2 rings (SSSR count). The Morgan fingerprint density at radius 1 is 1.35 bits per heavy atom. The van der Waals surface area contributed by atoms with Crippen LogP contribution in [0.15, 0.2) is 30.3 Å². The average Bonchev–Trinajstić information content (AvgIpc) is 2.83. The maximum Gasteiger partial charge on any atom is 0.224 e. The van der Waals surface area contributed by atoms with Crippen molar-refractivity contribution in [2.45, 2.75) is 31.7 Å². The van der Waals surface area contributed by atoms with Crippen LogP contribution >= 0.6 is 0 Å². The summed E-state index contributed by atoms with van der Waals surface area (Å²) in [7, 11) is 0. The molecule has 1 saturated heterocycles. The highest BCUT2D eigenvalue weighted by Crippen LogP contribution is 2.07. The molecule has 0 bridgehead atoms. The molecule has 1 aliphatic rings. The fraction of sp³-hybridized carbons (Fsp3) is 0.500. The molecule has 1 aromatic rings. The van der Waals surface area contributed by atoms with E-state index < -0.39 is 0 Å². The standard InChI is InChI=1S/C14H20N2O/c17-14(11-12-5-2-1-3-6-12)16-10-8-13-7-4-9-15-13/h1-3,5-6,13,15H,4,7-11H2,(H,16,17). The Labute approximate surface area is 103 Å². The number of carbonyl (C=O) groups excluding carboxylic acids is 1. The molecule has 1 aromatic carbocycles. The van der Waals surface area contributed by atoms with Gasteiger partial charge < -0.3 is 10.6 Å². The van der Waals surface area contributed by atoms with Gasteiger partial charge in [0.1, 0.15) is 0 Å². The minimum absolute atomic E-state index is 0.120. The van der Waals surface area contributed by atoms with E-state index in [1.165, 1.54) is 12.8 Å². The molecule has 1 atom stereocenters. The summed E-state index contributed by atoms with van der Waals surface area (Å²) in [4.78, 5) is 11.7. The lowest BCUT2D eigenvalue weighted by Crippen LogP contribution is -2.31. The molecule has 0 aromatic heterocycles. The van der Waals surface area contributed by atoms with E-state index in [0.29, 0.717) is 12.5 Å². The van der Waals surface area contributed by atoms with Crippen molar-refractivity contribution >= 4 is 5.91 Å². The summed E-state index contributed by atoms with van der Waals surface area (Å²) in [5.74, 6) is 0.120. The first kappa shape index (κ1) is 12.1. The number of amides is 1. The van der Waals surface area contributed by atoms with Crippen molar-refractivity contribution in [1.82, 2.24) is 10.6 Å². The summed E-state index contributed by atoms with van der Waals surface area (Å²) in [6, 6.07) is 10.5. The highest BCUT2D eigenvalue weighted by atomic mass is 16.1. The third-order valence-electron chi connectivity index (χ3n) is 3.18. The minimum atomic E-state index is 0.120. The average molecular weight is 232 g/mol. The fourth-order valence-electron chi connectivity index (χ4n) is 2.23. The van der Waals surface area contributed by atoms with Gasteiger partial charge >= 0.3 is 0 Å². The zero-order chi connectivity index (χ0) is 11.9. The number of rotatable bonds is 5. The minimum Gasteiger partial charge on any atom is -0.356 e. The van der Waals surface area contributed by atoms with E-state index in [4.69, 9.17) is 0 Å². The van der Waals surface area contributed by atoms with E-state index in [1.807, 2.05) is 30.3 Å². The Morgan fingerprint density at radius 2 is 2.18 bits per heavy atom. The summed E-state index contributed by atoms with van der Waals surface area (Å²) in [5.41, 5.74) is 1.07. The largest absolute Gasteiger partial charge is 0.356 e. The molecule has 0 saturated carbocycles. The normalized spacial score (nSPS) is 19.2. The molecule has 0 aliphatic carbocycles. The summed E-state index contributed by atoms with van der Waals surface area (Å²) >= 11 is 0. The topological polar surface area (TPSA) is 41.1 Å². The van der Waals surface area contributed by atoms with Crippen molar-refractivity contribution in [2.24, 2.45) is 0 Å². The van der Waals surface area contributed by atoms with Crippen LogP contribution in [0.4, 0.5) is 0 Å². The zero-order valence-corrected chi connectivity index (χ0v) is 10.1. The molecule has 1 fully saturated rings. The first-order chi connectivity index (χ1) is 8.34. The molecular formula is C14H20N2O. The lowest BCUT2D eigenvalue weighted by atomic mass is 10.1. The van der Waals surface area contributed by atoms with Gasteiger partial charge in [-0.2, -0.15) is 0 Å². The van der Waals surface area contributed by atoms with Crippen molar-refractivity contribution in [3.05, 3.63) is 35.9 Å². The van der Waals surface area contributed by atoms with Gasteiger partial charge in [0.05, 0.1) is 6.42 Å². The van der Waals surface area contributed by atoms with Crippen LogP contribution in [0.5, 0.6) is 0 Å². The third kappa shape index (κ3) is 4.19. The molecule has 0 spiro atoms. The third-order valence-corrected chi connectivity index (χ3v) is 3.18. The summed E-state index contributed by atoms with van der Waals surface area (Å²) in [5, 5.41) is 6.41. The molecule has 3 nitrogen and oxygen atoms in total. The predicted octanol–water partition coefficient (Wildman–Crippen LogP) is 1.49. The second-order valence-corrected chi connectivity index (χ2v) is 4.59. The van der Waals surface area contributed by atoms with Gasteiger partial charge in [-0.15, -0.1) is 0 Å². The van der Waals surface area contributed by atoms with Gasteiger partial charge in [0.15, 0.2) is 0 Å². The van der Waals surface area contributed by atoms with Crippen molar-refractivity contribution in [1.29, 1.82) is 0 Å². The number of hydrogen-bond acceptors (Lipinski definition) is 2. The molecule has 92 valence electrons. The van der Waals surface area contributed by atoms with Crippen molar-refractivity contribution in [3.8, 4) is 0 Å². The monoisotopic (exact) mass is 232 g/mol. The van der Waals surface area contributed by atoms with Gasteiger partial charge in [0.2, 0.25) is 5.91 Å².